The maximum absolute atomic E-state index is 12.9. The maximum atomic E-state index is 12.9. The van der Waals surface area contributed by atoms with Crippen molar-refractivity contribution in [2.24, 2.45) is 0 Å². The summed E-state index contributed by atoms with van der Waals surface area (Å²) in [5, 5.41) is 10.7. The smallest absolute Gasteiger partial charge is 0.273 e. The zero-order valence-corrected chi connectivity index (χ0v) is 11.8. The molecule has 0 saturated carbocycles. The van der Waals surface area contributed by atoms with Crippen molar-refractivity contribution in [3.8, 4) is 17.1 Å². The molecule has 0 fully saturated rings. The van der Waals surface area contributed by atoms with E-state index in [1.54, 1.807) is 18.2 Å². The zero-order valence-electron chi connectivity index (χ0n) is 11.8. The Hall–Kier alpha value is -3.22. The van der Waals surface area contributed by atoms with Gasteiger partial charge in [0.25, 0.3) is 5.69 Å². The van der Waals surface area contributed by atoms with E-state index in [1.807, 2.05) is 0 Å². The number of nitro benzene ring substituents is 1. The van der Waals surface area contributed by atoms with E-state index in [9.17, 15) is 14.5 Å². The molecule has 0 atom stereocenters. The summed E-state index contributed by atoms with van der Waals surface area (Å²) in [7, 11) is 0. The van der Waals surface area contributed by atoms with Crippen LogP contribution in [-0.4, -0.2) is 9.91 Å². The molecule has 0 amide bonds. The SMILES string of the molecule is O=[N+]([O-])c1cccc(OCc2ncc(-c3ccc(F)cc3)o2)c1. The first-order valence-electron chi connectivity index (χ1n) is 6.70. The summed E-state index contributed by atoms with van der Waals surface area (Å²) in [5.74, 6) is 0.821. The predicted molar refractivity (Wildman–Crippen MR) is 79.3 cm³/mol. The molecule has 0 bridgehead atoms. The van der Waals surface area contributed by atoms with Crippen molar-refractivity contribution >= 4 is 5.69 Å². The number of non-ortho nitro benzene ring substituents is 1. The van der Waals surface area contributed by atoms with Gasteiger partial charge in [0.15, 0.2) is 12.4 Å². The van der Waals surface area contributed by atoms with Crippen LogP contribution in [0.15, 0.2) is 59.1 Å². The first-order chi connectivity index (χ1) is 11.1. The van der Waals surface area contributed by atoms with Gasteiger partial charge in [-0.15, -0.1) is 0 Å². The molecule has 1 aromatic heterocycles. The highest BCUT2D eigenvalue weighted by Gasteiger charge is 2.09. The fourth-order valence-electron chi connectivity index (χ4n) is 1.96. The second-order valence-electron chi connectivity index (χ2n) is 4.67. The average Bonchev–Trinajstić information content (AvgIpc) is 3.03. The molecular weight excluding hydrogens is 303 g/mol. The second-order valence-corrected chi connectivity index (χ2v) is 4.67. The van der Waals surface area contributed by atoms with Gasteiger partial charge in [-0.05, 0) is 30.3 Å². The van der Waals surface area contributed by atoms with E-state index in [1.165, 1.54) is 36.5 Å². The van der Waals surface area contributed by atoms with Gasteiger partial charge in [0.05, 0.1) is 17.2 Å². The third kappa shape index (κ3) is 3.52. The largest absolute Gasteiger partial charge is 0.484 e. The number of nitro groups is 1. The lowest BCUT2D eigenvalue weighted by Crippen LogP contribution is -1.96. The number of rotatable bonds is 5. The van der Waals surface area contributed by atoms with Crippen LogP contribution in [0, 0.1) is 15.9 Å². The Morgan fingerprint density at radius 2 is 2.00 bits per heavy atom. The minimum Gasteiger partial charge on any atom is -0.484 e. The van der Waals surface area contributed by atoms with Gasteiger partial charge in [-0.25, -0.2) is 9.37 Å². The van der Waals surface area contributed by atoms with Crippen LogP contribution in [0.5, 0.6) is 5.75 Å². The molecular formula is C16H11FN2O4. The molecule has 0 spiro atoms. The molecule has 6 nitrogen and oxygen atoms in total. The highest BCUT2D eigenvalue weighted by Crippen LogP contribution is 2.23. The van der Waals surface area contributed by atoms with E-state index in [0.29, 0.717) is 23.0 Å². The summed E-state index contributed by atoms with van der Waals surface area (Å²) in [6, 6.07) is 11.7. The van der Waals surface area contributed by atoms with Crippen LogP contribution >= 0.6 is 0 Å². The number of hydrogen-bond acceptors (Lipinski definition) is 5. The molecule has 0 unspecified atom stereocenters. The van der Waals surface area contributed by atoms with Crippen molar-refractivity contribution in [2.45, 2.75) is 6.61 Å². The molecule has 0 saturated heterocycles. The van der Waals surface area contributed by atoms with E-state index in [0.717, 1.165) is 0 Å². The van der Waals surface area contributed by atoms with Crippen LogP contribution in [0.1, 0.15) is 5.89 Å². The van der Waals surface area contributed by atoms with Crippen LogP contribution < -0.4 is 4.74 Å². The van der Waals surface area contributed by atoms with Crippen molar-refractivity contribution in [3.05, 3.63) is 76.6 Å². The van der Waals surface area contributed by atoms with Crippen molar-refractivity contribution in [1.82, 2.24) is 4.98 Å². The summed E-state index contributed by atoms with van der Waals surface area (Å²) in [6.45, 7) is 0.0301. The lowest BCUT2D eigenvalue weighted by molar-refractivity contribution is -0.384. The Labute approximate surface area is 130 Å². The van der Waals surface area contributed by atoms with Crippen LogP contribution in [-0.2, 0) is 6.61 Å². The van der Waals surface area contributed by atoms with E-state index in [-0.39, 0.29) is 18.1 Å². The second kappa shape index (κ2) is 6.27. The Morgan fingerprint density at radius 3 is 2.74 bits per heavy atom. The number of ether oxygens (including phenoxy) is 1. The molecule has 23 heavy (non-hydrogen) atoms. The van der Waals surface area contributed by atoms with Gasteiger partial charge in [0.2, 0.25) is 5.89 Å². The van der Waals surface area contributed by atoms with E-state index in [2.05, 4.69) is 4.98 Å². The molecule has 1 heterocycles. The number of benzene rings is 2. The molecule has 116 valence electrons. The summed E-state index contributed by atoms with van der Waals surface area (Å²) < 4.78 is 23.8. The summed E-state index contributed by atoms with van der Waals surface area (Å²) >= 11 is 0. The zero-order chi connectivity index (χ0) is 16.2. The number of halogens is 1. The quantitative estimate of drug-likeness (QED) is 0.526. The Kier molecular flexibility index (Phi) is 4.01. The molecule has 3 aromatic rings. The van der Waals surface area contributed by atoms with Gasteiger partial charge in [0.1, 0.15) is 11.6 Å². The van der Waals surface area contributed by atoms with Gasteiger partial charge < -0.3 is 9.15 Å². The molecule has 2 aromatic carbocycles. The third-order valence-corrected chi connectivity index (χ3v) is 3.07. The van der Waals surface area contributed by atoms with Gasteiger partial charge in [0, 0.05) is 11.6 Å². The lowest BCUT2D eigenvalue weighted by atomic mass is 10.2. The number of aromatic nitrogens is 1. The standard InChI is InChI=1S/C16H11FN2O4/c17-12-6-4-11(5-7-12)15-9-18-16(23-15)10-22-14-3-1-2-13(8-14)19(20)21/h1-9H,10H2. The number of nitrogens with zero attached hydrogens (tertiary/aromatic N) is 2. The van der Waals surface area contributed by atoms with Crippen LogP contribution in [0.3, 0.4) is 0 Å². The van der Waals surface area contributed by atoms with Crippen molar-refractivity contribution in [1.29, 1.82) is 0 Å². The molecule has 0 aliphatic heterocycles. The van der Waals surface area contributed by atoms with Crippen LogP contribution in [0.2, 0.25) is 0 Å². The highest BCUT2D eigenvalue weighted by molar-refractivity contribution is 5.55. The van der Waals surface area contributed by atoms with Gasteiger partial charge in [-0.1, -0.05) is 6.07 Å². The molecule has 0 aliphatic carbocycles. The lowest BCUT2D eigenvalue weighted by Gasteiger charge is -2.03. The maximum Gasteiger partial charge on any atom is 0.273 e. The normalized spacial score (nSPS) is 10.5. The summed E-state index contributed by atoms with van der Waals surface area (Å²) in [6.07, 6.45) is 1.51. The van der Waals surface area contributed by atoms with Crippen LogP contribution in [0.25, 0.3) is 11.3 Å². The van der Waals surface area contributed by atoms with E-state index >= 15 is 0 Å². The monoisotopic (exact) mass is 314 g/mol. The minimum atomic E-state index is -0.495. The molecule has 3 rings (SSSR count). The fourth-order valence-corrected chi connectivity index (χ4v) is 1.96. The van der Waals surface area contributed by atoms with E-state index < -0.39 is 4.92 Å². The topological polar surface area (TPSA) is 78.4 Å². The fraction of sp³-hybridized carbons (Fsp3) is 0.0625. The first kappa shape index (κ1) is 14.7. The van der Waals surface area contributed by atoms with Crippen molar-refractivity contribution in [3.63, 3.8) is 0 Å². The average molecular weight is 314 g/mol. The Bertz CT molecular complexity index is 830. The minimum absolute atomic E-state index is 0.0301. The molecule has 7 heteroatoms. The van der Waals surface area contributed by atoms with E-state index in [4.69, 9.17) is 9.15 Å². The number of hydrogen-bond donors (Lipinski definition) is 0. The first-order valence-corrected chi connectivity index (χ1v) is 6.70. The van der Waals surface area contributed by atoms with Crippen molar-refractivity contribution in [2.75, 3.05) is 0 Å². The third-order valence-electron chi connectivity index (χ3n) is 3.07. The Morgan fingerprint density at radius 1 is 1.22 bits per heavy atom. The van der Waals surface area contributed by atoms with Gasteiger partial charge in [-0.2, -0.15) is 0 Å². The molecule has 0 aliphatic rings. The Balaban J connectivity index is 1.69. The summed E-state index contributed by atoms with van der Waals surface area (Å²) in [5.41, 5.74) is 0.641. The van der Waals surface area contributed by atoms with Gasteiger partial charge >= 0.3 is 0 Å². The van der Waals surface area contributed by atoms with Crippen molar-refractivity contribution < 1.29 is 18.5 Å². The predicted octanol–water partition coefficient (Wildman–Crippen LogP) is 3.97. The molecule has 0 N–H and O–H groups in total. The summed E-state index contributed by atoms with van der Waals surface area (Å²) in [4.78, 5) is 14.3. The van der Waals surface area contributed by atoms with Gasteiger partial charge in [-0.3, -0.25) is 10.1 Å². The molecule has 0 radical (unpaired) electrons. The number of oxazole rings is 1. The highest BCUT2D eigenvalue weighted by atomic mass is 19.1. The van der Waals surface area contributed by atoms with Crippen LogP contribution in [0.4, 0.5) is 10.1 Å².